The molecule has 28 heavy (non-hydrogen) atoms. The summed E-state index contributed by atoms with van der Waals surface area (Å²) in [5.74, 6) is -0.252. The first-order chi connectivity index (χ1) is 13.2. The zero-order chi connectivity index (χ0) is 20.5. The van der Waals surface area contributed by atoms with E-state index in [4.69, 9.17) is 4.74 Å². The van der Waals surface area contributed by atoms with Crippen LogP contribution >= 0.6 is 15.9 Å². The SMILES string of the molecule is COc1ccc(C2(C)NC(=O)N(CC(=O)Nc3cccc(Br)c3)C2=O)cc1C. The smallest absolute Gasteiger partial charge is 0.325 e. The van der Waals surface area contributed by atoms with E-state index >= 15 is 0 Å². The Morgan fingerprint density at radius 1 is 1.25 bits per heavy atom. The highest BCUT2D eigenvalue weighted by molar-refractivity contribution is 9.10. The van der Waals surface area contributed by atoms with E-state index in [2.05, 4.69) is 26.6 Å². The number of imide groups is 1. The van der Waals surface area contributed by atoms with Crippen LogP contribution in [0.1, 0.15) is 18.1 Å². The Bertz CT molecular complexity index is 962. The Kier molecular flexibility index (Phi) is 5.42. The van der Waals surface area contributed by atoms with Crippen molar-refractivity contribution in [3.05, 3.63) is 58.1 Å². The summed E-state index contributed by atoms with van der Waals surface area (Å²) in [6.45, 7) is 3.11. The zero-order valence-electron chi connectivity index (χ0n) is 15.7. The molecule has 1 atom stereocenters. The van der Waals surface area contributed by atoms with Gasteiger partial charge in [0.25, 0.3) is 5.91 Å². The molecule has 3 rings (SSSR count). The van der Waals surface area contributed by atoms with Gasteiger partial charge in [-0.3, -0.25) is 14.5 Å². The number of urea groups is 1. The number of hydrogen-bond acceptors (Lipinski definition) is 4. The summed E-state index contributed by atoms with van der Waals surface area (Å²) < 4.78 is 6.05. The predicted molar refractivity (Wildman–Crippen MR) is 108 cm³/mol. The van der Waals surface area contributed by atoms with Gasteiger partial charge in [0.2, 0.25) is 5.91 Å². The maximum absolute atomic E-state index is 13.0. The van der Waals surface area contributed by atoms with Gasteiger partial charge in [0.1, 0.15) is 17.8 Å². The van der Waals surface area contributed by atoms with Gasteiger partial charge in [-0.2, -0.15) is 0 Å². The van der Waals surface area contributed by atoms with Crippen LogP contribution in [0.25, 0.3) is 0 Å². The monoisotopic (exact) mass is 445 g/mol. The molecule has 0 aromatic heterocycles. The third-order valence-electron chi connectivity index (χ3n) is 4.66. The van der Waals surface area contributed by atoms with E-state index in [0.29, 0.717) is 17.0 Å². The van der Waals surface area contributed by atoms with Crippen LogP contribution < -0.4 is 15.4 Å². The average molecular weight is 446 g/mol. The third kappa shape index (κ3) is 3.73. The number of nitrogens with zero attached hydrogens (tertiary/aromatic N) is 1. The zero-order valence-corrected chi connectivity index (χ0v) is 17.3. The van der Waals surface area contributed by atoms with E-state index in [1.807, 2.05) is 13.0 Å². The summed E-state index contributed by atoms with van der Waals surface area (Å²) in [6, 6.07) is 11.7. The molecule has 1 unspecified atom stereocenters. The second-order valence-corrected chi connectivity index (χ2v) is 7.61. The highest BCUT2D eigenvalue weighted by atomic mass is 79.9. The highest BCUT2D eigenvalue weighted by Crippen LogP contribution is 2.31. The van der Waals surface area contributed by atoms with Crippen molar-refractivity contribution in [2.24, 2.45) is 0 Å². The molecule has 2 aromatic carbocycles. The summed E-state index contributed by atoms with van der Waals surface area (Å²) in [5.41, 5.74) is 0.789. The maximum atomic E-state index is 13.0. The van der Waals surface area contributed by atoms with Gasteiger partial charge in [0, 0.05) is 10.2 Å². The quantitative estimate of drug-likeness (QED) is 0.691. The van der Waals surface area contributed by atoms with Gasteiger partial charge < -0.3 is 15.4 Å². The lowest BCUT2D eigenvalue weighted by Crippen LogP contribution is -2.42. The average Bonchev–Trinajstić information content (AvgIpc) is 2.85. The van der Waals surface area contributed by atoms with Crippen molar-refractivity contribution in [3.63, 3.8) is 0 Å². The van der Waals surface area contributed by atoms with Crippen LogP contribution in [0, 0.1) is 6.92 Å². The molecule has 1 aliphatic heterocycles. The van der Waals surface area contributed by atoms with E-state index in [1.54, 1.807) is 50.4 Å². The van der Waals surface area contributed by atoms with E-state index < -0.39 is 23.4 Å². The number of carbonyl (C=O) groups excluding carboxylic acids is 3. The van der Waals surface area contributed by atoms with Crippen LogP contribution in [-0.2, 0) is 15.1 Å². The van der Waals surface area contributed by atoms with Crippen LogP contribution in [0.15, 0.2) is 46.9 Å². The van der Waals surface area contributed by atoms with E-state index in [0.717, 1.165) is 14.9 Å². The Morgan fingerprint density at radius 2 is 2.00 bits per heavy atom. The second kappa shape index (κ2) is 7.63. The molecule has 0 saturated carbocycles. The minimum absolute atomic E-state index is 0.373. The molecule has 0 aliphatic carbocycles. The fraction of sp³-hybridized carbons (Fsp3) is 0.250. The van der Waals surface area contributed by atoms with Crippen molar-refractivity contribution in [2.45, 2.75) is 19.4 Å². The molecule has 7 nitrogen and oxygen atoms in total. The molecule has 1 aliphatic rings. The molecule has 1 saturated heterocycles. The molecule has 0 bridgehead atoms. The number of anilines is 1. The Hall–Kier alpha value is -2.87. The molecular weight excluding hydrogens is 426 g/mol. The topological polar surface area (TPSA) is 87.7 Å². The van der Waals surface area contributed by atoms with Crippen LogP contribution in [0.2, 0.25) is 0 Å². The number of carbonyl (C=O) groups is 3. The van der Waals surface area contributed by atoms with Crippen molar-refractivity contribution < 1.29 is 19.1 Å². The molecule has 146 valence electrons. The molecule has 2 N–H and O–H groups in total. The Morgan fingerprint density at radius 3 is 2.64 bits per heavy atom. The summed E-state index contributed by atoms with van der Waals surface area (Å²) in [5, 5.41) is 5.38. The second-order valence-electron chi connectivity index (χ2n) is 6.69. The predicted octanol–water partition coefficient (Wildman–Crippen LogP) is 3.17. The molecular formula is C20H20BrN3O4. The number of aryl methyl sites for hydroxylation is 1. The number of methoxy groups -OCH3 is 1. The van der Waals surface area contributed by atoms with Gasteiger partial charge in [0.15, 0.2) is 0 Å². The van der Waals surface area contributed by atoms with Crippen molar-refractivity contribution in [2.75, 3.05) is 19.0 Å². The number of halogens is 1. The number of ether oxygens (including phenoxy) is 1. The third-order valence-corrected chi connectivity index (χ3v) is 5.15. The molecule has 1 fully saturated rings. The summed E-state index contributed by atoms with van der Waals surface area (Å²) in [4.78, 5) is 38.6. The highest BCUT2D eigenvalue weighted by Gasteiger charge is 2.49. The standard InChI is InChI=1S/C20H20BrN3O4/c1-12-9-13(7-8-16(12)28-3)20(2)18(26)24(19(27)23-20)11-17(25)22-15-6-4-5-14(21)10-15/h4-10H,11H2,1-3H3,(H,22,25)(H,23,27). The van der Waals surface area contributed by atoms with Gasteiger partial charge in [0.05, 0.1) is 7.11 Å². The lowest BCUT2D eigenvalue weighted by molar-refractivity contribution is -0.133. The normalized spacial score (nSPS) is 18.8. The van der Waals surface area contributed by atoms with Crippen LogP contribution in [-0.4, -0.2) is 36.4 Å². The minimum atomic E-state index is -1.25. The number of amides is 4. The molecule has 4 amide bonds. The Labute approximate surface area is 171 Å². The largest absolute Gasteiger partial charge is 0.496 e. The van der Waals surface area contributed by atoms with Crippen molar-refractivity contribution in [1.29, 1.82) is 0 Å². The molecule has 0 radical (unpaired) electrons. The first-order valence-electron chi connectivity index (χ1n) is 8.59. The lowest BCUT2D eigenvalue weighted by atomic mass is 9.90. The molecule has 0 spiro atoms. The van der Waals surface area contributed by atoms with Gasteiger partial charge >= 0.3 is 6.03 Å². The first-order valence-corrected chi connectivity index (χ1v) is 9.38. The van der Waals surface area contributed by atoms with Crippen molar-refractivity contribution in [1.82, 2.24) is 10.2 Å². The minimum Gasteiger partial charge on any atom is -0.496 e. The fourth-order valence-corrected chi connectivity index (χ4v) is 3.54. The summed E-state index contributed by atoms with van der Waals surface area (Å²) in [7, 11) is 1.57. The summed E-state index contributed by atoms with van der Waals surface area (Å²) in [6.07, 6.45) is 0. The van der Waals surface area contributed by atoms with Crippen LogP contribution in [0.5, 0.6) is 5.75 Å². The number of hydrogen-bond donors (Lipinski definition) is 2. The van der Waals surface area contributed by atoms with Gasteiger partial charge in [-0.1, -0.05) is 28.1 Å². The van der Waals surface area contributed by atoms with E-state index in [1.165, 1.54) is 0 Å². The van der Waals surface area contributed by atoms with Crippen LogP contribution in [0.3, 0.4) is 0 Å². The summed E-state index contributed by atoms with van der Waals surface area (Å²) >= 11 is 3.33. The van der Waals surface area contributed by atoms with Gasteiger partial charge in [-0.05, 0) is 55.3 Å². The number of nitrogens with one attached hydrogen (secondary N) is 2. The van der Waals surface area contributed by atoms with E-state index in [9.17, 15) is 14.4 Å². The van der Waals surface area contributed by atoms with Crippen LogP contribution in [0.4, 0.5) is 10.5 Å². The van der Waals surface area contributed by atoms with E-state index in [-0.39, 0.29) is 6.54 Å². The molecule has 2 aromatic rings. The first kappa shape index (κ1) is 19.9. The number of rotatable bonds is 5. The van der Waals surface area contributed by atoms with Gasteiger partial charge in [-0.25, -0.2) is 4.79 Å². The molecule has 1 heterocycles. The van der Waals surface area contributed by atoms with Gasteiger partial charge in [-0.15, -0.1) is 0 Å². The Balaban J connectivity index is 1.77. The lowest BCUT2D eigenvalue weighted by Gasteiger charge is -2.23. The van der Waals surface area contributed by atoms with Crippen molar-refractivity contribution >= 4 is 39.5 Å². The maximum Gasteiger partial charge on any atom is 0.325 e. The number of benzene rings is 2. The molecule has 8 heteroatoms. The van der Waals surface area contributed by atoms with Crippen molar-refractivity contribution in [3.8, 4) is 5.75 Å². The fourth-order valence-electron chi connectivity index (χ4n) is 3.14.